The molecule has 0 spiro atoms. The number of aryl methyl sites for hydroxylation is 1. The largest absolute Gasteiger partial charge is 0.358 e. The summed E-state index contributed by atoms with van der Waals surface area (Å²) in [6.07, 6.45) is 0. The van der Waals surface area contributed by atoms with Gasteiger partial charge in [0.2, 0.25) is 5.16 Å². The average molecular weight is 328 g/mol. The lowest BCUT2D eigenvalue weighted by molar-refractivity contribution is 0.0995. The zero-order valence-corrected chi connectivity index (χ0v) is 14.5. The van der Waals surface area contributed by atoms with Crippen LogP contribution < -0.4 is 0 Å². The van der Waals surface area contributed by atoms with Gasteiger partial charge >= 0.3 is 0 Å². The predicted molar refractivity (Wildman–Crippen MR) is 93.2 cm³/mol. The Labute approximate surface area is 139 Å². The van der Waals surface area contributed by atoms with E-state index >= 15 is 0 Å². The van der Waals surface area contributed by atoms with Gasteiger partial charge in [0.05, 0.1) is 5.25 Å². The monoisotopic (exact) mass is 328 g/mol. The highest BCUT2D eigenvalue weighted by atomic mass is 32.2. The molecule has 0 saturated carbocycles. The van der Waals surface area contributed by atoms with E-state index in [0.717, 1.165) is 28.0 Å². The molecule has 0 saturated heterocycles. The van der Waals surface area contributed by atoms with Gasteiger partial charge in [-0.15, -0.1) is 5.10 Å². The Morgan fingerprint density at radius 1 is 1.22 bits per heavy atom. The molecule has 0 fully saturated rings. The highest BCUT2D eigenvalue weighted by molar-refractivity contribution is 8.00. The molecule has 5 nitrogen and oxygen atoms in total. The van der Waals surface area contributed by atoms with Crippen LogP contribution in [-0.4, -0.2) is 31.2 Å². The molecule has 2 heterocycles. The standard InChI is InChI=1S/C17H20N4OS/c1-9(2)16-19-17(21-20-16)23-11(4)15(22)14-10(3)18-13-8-6-5-7-12(13)14/h5-9,11,18H,1-4H3,(H,19,20,21)/t11-/m0/s1. The molecule has 3 aromatic rings. The third-order valence-electron chi connectivity index (χ3n) is 3.82. The quantitative estimate of drug-likeness (QED) is 0.546. The molecule has 1 aromatic carbocycles. The minimum atomic E-state index is -0.247. The van der Waals surface area contributed by atoms with Crippen molar-refractivity contribution in [2.24, 2.45) is 0 Å². The highest BCUT2D eigenvalue weighted by Crippen LogP contribution is 2.28. The zero-order valence-electron chi connectivity index (χ0n) is 13.7. The van der Waals surface area contributed by atoms with E-state index in [1.807, 2.05) is 38.1 Å². The van der Waals surface area contributed by atoms with Crippen molar-refractivity contribution < 1.29 is 4.79 Å². The van der Waals surface area contributed by atoms with Crippen LogP contribution in [0.2, 0.25) is 0 Å². The Balaban J connectivity index is 1.85. The zero-order chi connectivity index (χ0) is 16.6. The lowest BCUT2D eigenvalue weighted by Crippen LogP contribution is -2.14. The van der Waals surface area contributed by atoms with Crippen LogP contribution in [0.5, 0.6) is 0 Å². The molecule has 0 aliphatic heterocycles. The van der Waals surface area contributed by atoms with Gasteiger partial charge < -0.3 is 4.98 Å². The fourth-order valence-electron chi connectivity index (χ4n) is 2.58. The van der Waals surface area contributed by atoms with Crippen LogP contribution in [-0.2, 0) is 0 Å². The van der Waals surface area contributed by atoms with Gasteiger partial charge in [0.1, 0.15) is 5.82 Å². The first-order valence-corrected chi connectivity index (χ1v) is 8.55. The van der Waals surface area contributed by atoms with Crippen molar-refractivity contribution in [3.8, 4) is 0 Å². The number of aromatic amines is 2. The number of carbonyl (C=O) groups is 1. The van der Waals surface area contributed by atoms with Gasteiger partial charge in [-0.2, -0.15) is 0 Å². The fourth-order valence-corrected chi connectivity index (χ4v) is 3.37. The fraction of sp³-hybridized carbons (Fsp3) is 0.353. The number of aromatic nitrogens is 4. The molecule has 120 valence electrons. The molecule has 23 heavy (non-hydrogen) atoms. The molecule has 2 N–H and O–H groups in total. The van der Waals surface area contributed by atoms with Crippen molar-refractivity contribution in [2.75, 3.05) is 0 Å². The smallest absolute Gasteiger partial charge is 0.209 e. The van der Waals surface area contributed by atoms with Crippen LogP contribution in [0.15, 0.2) is 29.4 Å². The van der Waals surface area contributed by atoms with Gasteiger partial charge in [-0.05, 0) is 19.9 Å². The van der Waals surface area contributed by atoms with E-state index in [-0.39, 0.29) is 11.0 Å². The number of carbonyl (C=O) groups excluding carboxylic acids is 1. The number of Topliss-reactive ketones (excluding diaryl/α,β-unsaturated/α-hetero) is 1. The first kappa shape index (κ1) is 15.8. The number of nitrogens with zero attached hydrogens (tertiary/aromatic N) is 2. The van der Waals surface area contributed by atoms with Gasteiger partial charge in [-0.1, -0.05) is 43.8 Å². The summed E-state index contributed by atoms with van der Waals surface area (Å²) in [5.41, 5.74) is 2.66. The number of benzene rings is 1. The first-order valence-electron chi connectivity index (χ1n) is 7.68. The molecule has 0 aliphatic carbocycles. The van der Waals surface area contributed by atoms with Crippen LogP contribution in [0.4, 0.5) is 0 Å². The number of hydrogen-bond donors (Lipinski definition) is 2. The summed E-state index contributed by atoms with van der Waals surface area (Å²) in [4.78, 5) is 20.6. The van der Waals surface area contributed by atoms with E-state index in [1.165, 1.54) is 11.8 Å². The highest BCUT2D eigenvalue weighted by Gasteiger charge is 2.23. The van der Waals surface area contributed by atoms with E-state index in [2.05, 4.69) is 34.0 Å². The maximum absolute atomic E-state index is 12.9. The topological polar surface area (TPSA) is 74.4 Å². The van der Waals surface area contributed by atoms with Crippen LogP contribution >= 0.6 is 11.8 Å². The maximum atomic E-state index is 12.9. The van der Waals surface area contributed by atoms with Gasteiger partial charge in [0.15, 0.2) is 5.78 Å². The number of ketones is 1. The Kier molecular flexibility index (Phi) is 4.26. The van der Waals surface area contributed by atoms with Crippen molar-refractivity contribution in [3.05, 3.63) is 41.3 Å². The molecule has 3 rings (SSSR count). The summed E-state index contributed by atoms with van der Waals surface area (Å²) in [5, 5.41) is 8.46. The predicted octanol–water partition coefficient (Wildman–Crippen LogP) is 4.08. The lowest BCUT2D eigenvalue weighted by atomic mass is 10.1. The molecule has 0 amide bonds. The molecule has 0 aliphatic rings. The van der Waals surface area contributed by atoms with Crippen molar-refractivity contribution in [1.29, 1.82) is 0 Å². The van der Waals surface area contributed by atoms with Crippen molar-refractivity contribution >= 4 is 28.4 Å². The lowest BCUT2D eigenvalue weighted by Gasteiger charge is -2.08. The van der Waals surface area contributed by atoms with Crippen LogP contribution in [0.25, 0.3) is 10.9 Å². The van der Waals surface area contributed by atoms with E-state index in [9.17, 15) is 4.79 Å². The van der Waals surface area contributed by atoms with Gasteiger partial charge in [-0.25, -0.2) is 4.98 Å². The third kappa shape index (κ3) is 3.03. The van der Waals surface area contributed by atoms with E-state index in [1.54, 1.807) is 0 Å². The summed E-state index contributed by atoms with van der Waals surface area (Å²) in [6.45, 7) is 7.95. The maximum Gasteiger partial charge on any atom is 0.209 e. The summed E-state index contributed by atoms with van der Waals surface area (Å²) < 4.78 is 0. The molecular weight excluding hydrogens is 308 g/mol. The van der Waals surface area contributed by atoms with E-state index < -0.39 is 0 Å². The van der Waals surface area contributed by atoms with Crippen LogP contribution in [0, 0.1) is 6.92 Å². The molecule has 6 heteroatoms. The molecule has 2 aromatic heterocycles. The minimum Gasteiger partial charge on any atom is -0.358 e. The second-order valence-electron chi connectivity index (χ2n) is 5.95. The van der Waals surface area contributed by atoms with Gasteiger partial charge in [0.25, 0.3) is 0 Å². The Morgan fingerprint density at radius 2 is 1.96 bits per heavy atom. The number of hydrogen-bond acceptors (Lipinski definition) is 4. The van der Waals surface area contributed by atoms with Crippen LogP contribution in [0.3, 0.4) is 0 Å². The second-order valence-corrected chi connectivity index (χ2v) is 7.26. The SMILES string of the molecule is Cc1[nH]c2ccccc2c1C(=O)[C@H](C)Sc1n[nH]c(C(C)C)n1. The van der Waals surface area contributed by atoms with Crippen LogP contribution in [0.1, 0.15) is 48.6 Å². The van der Waals surface area contributed by atoms with Gasteiger partial charge in [-0.3, -0.25) is 9.89 Å². The van der Waals surface area contributed by atoms with E-state index in [4.69, 9.17) is 0 Å². The number of para-hydroxylation sites is 1. The normalized spacial score (nSPS) is 12.9. The average Bonchev–Trinajstić information content (AvgIpc) is 3.10. The second kappa shape index (κ2) is 6.20. The number of nitrogens with one attached hydrogen (secondary N) is 2. The summed E-state index contributed by atoms with van der Waals surface area (Å²) in [6, 6.07) is 7.88. The Hall–Kier alpha value is -2.08. The molecular formula is C17H20N4OS. The number of fused-ring (bicyclic) bond motifs is 1. The molecule has 0 unspecified atom stereocenters. The third-order valence-corrected chi connectivity index (χ3v) is 4.78. The number of rotatable bonds is 5. The summed E-state index contributed by atoms with van der Waals surface area (Å²) in [7, 11) is 0. The minimum absolute atomic E-state index is 0.0980. The molecule has 0 radical (unpaired) electrons. The Bertz CT molecular complexity index is 849. The first-order chi connectivity index (χ1) is 11.0. The number of H-pyrrole nitrogens is 2. The van der Waals surface area contributed by atoms with Crippen molar-refractivity contribution in [1.82, 2.24) is 20.2 Å². The summed E-state index contributed by atoms with van der Waals surface area (Å²) >= 11 is 1.39. The van der Waals surface area contributed by atoms with E-state index in [0.29, 0.717) is 11.1 Å². The van der Waals surface area contributed by atoms with Gasteiger partial charge in [0, 0.05) is 28.1 Å². The van der Waals surface area contributed by atoms with Crippen molar-refractivity contribution in [3.63, 3.8) is 0 Å². The van der Waals surface area contributed by atoms with Crippen molar-refractivity contribution in [2.45, 2.75) is 44.0 Å². The molecule has 1 atom stereocenters. The Morgan fingerprint density at radius 3 is 2.65 bits per heavy atom. The summed E-state index contributed by atoms with van der Waals surface area (Å²) in [5.74, 6) is 1.23. The molecule has 0 bridgehead atoms. The number of thioether (sulfide) groups is 1.